The zero-order chi connectivity index (χ0) is 17.3. The van der Waals surface area contributed by atoms with Crippen molar-refractivity contribution in [2.75, 3.05) is 18.1 Å². The van der Waals surface area contributed by atoms with Crippen molar-refractivity contribution in [2.24, 2.45) is 0 Å². The Morgan fingerprint density at radius 2 is 2.00 bits per heavy atom. The van der Waals surface area contributed by atoms with Gasteiger partial charge in [-0.15, -0.1) is 0 Å². The Hall–Kier alpha value is -2.39. The molecule has 0 saturated carbocycles. The SMILES string of the molecule is Cc1nc2c3c(nc(C#N)c(C)c3c1C)N1CC3CCC(N3)C1CO2. The van der Waals surface area contributed by atoms with E-state index in [1.54, 1.807) is 0 Å². The first-order valence-electron chi connectivity index (χ1n) is 8.95. The number of nitriles is 1. The minimum atomic E-state index is 0.235. The molecular formula is C19H21N5O. The first-order chi connectivity index (χ1) is 12.1. The number of pyridine rings is 2. The third-order valence-corrected chi connectivity index (χ3v) is 6.15. The number of aryl methyl sites for hydroxylation is 3. The predicted octanol–water partition coefficient (Wildman–Crippen LogP) is 2.13. The summed E-state index contributed by atoms with van der Waals surface area (Å²) in [6.07, 6.45) is 2.35. The fourth-order valence-electron chi connectivity index (χ4n) is 4.73. The molecule has 3 aliphatic heterocycles. The fraction of sp³-hybridized carbons (Fsp3) is 0.526. The Bertz CT molecular complexity index is 947. The van der Waals surface area contributed by atoms with Gasteiger partial charge >= 0.3 is 0 Å². The van der Waals surface area contributed by atoms with Crippen molar-refractivity contribution in [2.45, 2.75) is 51.7 Å². The molecular weight excluding hydrogens is 314 g/mol. The predicted molar refractivity (Wildman–Crippen MR) is 95.0 cm³/mol. The van der Waals surface area contributed by atoms with Crippen LogP contribution < -0.4 is 15.0 Å². The second-order valence-electron chi connectivity index (χ2n) is 7.48. The summed E-state index contributed by atoms with van der Waals surface area (Å²) in [5.41, 5.74) is 3.49. The van der Waals surface area contributed by atoms with Crippen molar-refractivity contribution in [3.05, 3.63) is 22.5 Å². The van der Waals surface area contributed by atoms with Gasteiger partial charge in [-0.1, -0.05) is 0 Å². The normalized spacial score (nSPS) is 26.8. The van der Waals surface area contributed by atoms with Crippen LogP contribution in [0.1, 0.15) is 35.4 Å². The molecule has 2 aromatic rings. The lowest BCUT2D eigenvalue weighted by Gasteiger charge is -2.40. The van der Waals surface area contributed by atoms with Crippen LogP contribution in [0.15, 0.2) is 0 Å². The molecule has 6 nitrogen and oxygen atoms in total. The number of ether oxygens (including phenoxy) is 1. The van der Waals surface area contributed by atoms with Crippen molar-refractivity contribution >= 4 is 16.6 Å². The van der Waals surface area contributed by atoms with Crippen LogP contribution in [0.25, 0.3) is 10.8 Å². The summed E-state index contributed by atoms with van der Waals surface area (Å²) in [6, 6.07) is 3.43. The van der Waals surface area contributed by atoms with E-state index in [2.05, 4.69) is 23.2 Å². The Morgan fingerprint density at radius 1 is 1.16 bits per heavy atom. The standard InChI is InChI=1S/C19H21N5O/c1-9-11(3)21-19-17-16(9)10(2)14(6-20)23-18(17)24-7-12-4-5-13(22-12)15(24)8-25-19/h12-13,15,22H,4-5,7-8H2,1-3H3. The summed E-state index contributed by atoms with van der Waals surface area (Å²) in [4.78, 5) is 11.9. The van der Waals surface area contributed by atoms with E-state index in [1.807, 2.05) is 13.8 Å². The fourth-order valence-corrected chi connectivity index (χ4v) is 4.73. The van der Waals surface area contributed by atoms with Gasteiger partial charge < -0.3 is 15.0 Å². The highest BCUT2D eigenvalue weighted by Gasteiger charge is 2.43. The lowest BCUT2D eigenvalue weighted by atomic mass is 9.99. The van der Waals surface area contributed by atoms with Gasteiger partial charge in [0.25, 0.3) is 0 Å². The summed E-state index contributed by atoms with van der Waals surface area (Å²) >= 11 is 0. The lowest BCUT2D eigenvalue weighted by molar-refractivity contribution is 0.238. The molecule has 5 heterocycles. The third kappa shape index (κ3) is 1.93. The first kappa shape index (κ1) is 14.9. The highest BCUT2D eigenvalue weighted by Crippen LogP contribution is 2.42. The maximum Gasteiger partial charge on any atom is 0.225 e. The molecule has 3 unspecified atom stereocenters. The van der Waals surface area contributed by atoms with Crippen LogP contribution in [0.3, 0.4) is 0 Å². The van der Waals surface area contributed by atoms with Crippen LogP contribution in [0, 0.1) is 32.1 Å². The third-order valence-electron chi connectivity index (χ3n) is 6.15. The van der Waals surface area contributed by atoms with Gasteiger partial charge in [0.2, 0.25) is 5.88 Å². The highest BCUT2D eigenvalue weighted by molar-refractivity contribution is 6.01. The van der Waals surface area contributed by atoms with E-state index in [4.69, 9.17) is 14.7 Å². The van der Waals surface area contributed by atoms with Crippen molar-refractivity contribution in [1.82, 2.24) is 15.3 Å². The summed E-state index contributed by atoms with van der Waals surface area (Å²) in [5, 5.41) is 15.4. The van der Waals surface area contributed by atoms with E-state index in [0.717, 1.165) is 46.4 Å². The molecule has 5 rings (SSSR count). The monoisotopic (exact) mass is 335 g/mol. The smallest absolute Gasteiger partial charge is 0.225 e. The van der Waals surface area contributed by atoms with Gasteiger partial charge in [0.05, 0.1) is 11.4 Å². The van der Waals surface area contributed by atoms with Gasteiger partial charge in [-0.05, 0) is 44.7 Å². The Kier molecular flexibility index (Phi) is 3.02. The van der Waals surface area contributed by atoms with Gasteiger partial charge in [0.1, 0.15) is 24.2 Å². The molecule has 2 saturated heterocycles. The number of fused-ring (bicyclic) bond motifs is 5. The maximum atomic E-state index is 9.64. The summed E-state index contributed by atoms with van der Waals surface area (Å²) < 4.78 is 6.19. The molecule has 0 spiro atoms. The number of nitrogens with zero attached hydrogens (tertiary/aromatic N) is 4. The number of aromatic nitrogens is 2. The summed E-state index contributed by atoms with van der Waals surface area (Å²) in [5.74, 6) is 1.54. The lowest BCUT2D eigenvalue weighted by Crippen LogP contribution is -2.60. The first-order valence-corrected chi connectivity index (χ1v) is 8.95. The molecule has 0 aliphatic carbocycles. The minimum absolute atomic E-state index is 0.235. The number of nitrogens with one attached hydrogen (secondary N) is 1. The number of anilines is 1. The molecule has 3 atom stereocenters. The molecule has 2 bridgehead atoms. The Balaban J connectivity index is 1.86. The maximum absolute atomic E-state index is 9.64. The van der Waals surface area contributed by atoms with E-state index in [-0.39, 0.29) is 6.04 Å². The quantitative estimate of drug-likeness (QED) is 0.795. The van der Waals surface area contributed by atoms with E-state index in [9.17, 15) is 5.26 Å². The van der Waals surface area contributed by atoms with Gasteiger partial charge in [-0.3, -0.25) is 0 Å². The van der Waals surface area contributed by atoms with Gasteiger partial charge in [-0.25, -0.2) is 9.97 Å². The zero-order valence-electron chi connectivity index (χ0n) is 14.8. The van der Waals surface area contributed by atoms with Crippen molar-refractivity contribution in [1.29, 1.82) is 5.26 Å². The number of piperazine rings is 1. The minimum Gasteiger partial charge on any atom is -0.475 e. The molecule has 2 aromatic heterocycles. The van der Waals surface area contributed by atoms with E-state index < -0.39 is 0 Å². The van der Waals surface area contributed by atoms with Crippen LogP contribution in [0.5, 0.6) is 5.88 Å². The number of hydrogen-bond acceptors (Lipinski definition) is 6. The van der Waals surface area contributed by atoms with E-state index >= 15 is 0 Å². The molecule has 6 heteroatoms. The second kappa shape index (κ2) is 5.06. The second-order valence-corrected chi connectivity index (χ2v) is 7.48. The molecule has 2 fully saturated rings. The number of hydrogen-bond donors (Lipinski definition) is 1. The van der Waals surface area contributed by atoms with Crippen LogP contribution >= 0.6 is 0 Å². The zero-order valence-corrected chi connectivity index (χ0v) is 14.8. The van der Waals surface area contributed by atoms with Crippen molar-refractivity contribution in [3.8, 4) is 11.9 Å². The topological polar surface area (TPSA) is 74.1 Å². The molecule has 1 N–H and O–H groups in total. The molecule has 128 valence electrons. The van der Waals surface area contributed by atoms with Crippen LogP contribution in [-0.4, -0.2) is 41.2 Å². The van der Waals surface area contributed by atoms with E-state index in [0.29, 0.717) is 30.3 Å². The largest absolute Gasteiger partial charge is 0.475 e. The number of rotatable bonds is 0. The molecule has 0 aromatic carbocycles. The summed E-state index contributed by atoms with van der Waals surface area (Å²) in [6.45, 7) is 7.56. The van der Waals surface area contributed by atoms with Gasteiger partial charge in [0, 0.05) is 29.7 Å². The van der Waals surface area contributed by atoms with Crippen molar-refractivity contribution in [3.63, 3.8) is 0 Å². The molecule has 25 heavy (non-hydrogen) atoms. The van der Waals surface area contributed by atoms with Crippen LogP contribution in [0.4, 0.5) is 5.82 Å². The van der Waals surface area contributed by atoms with Gasteiger partial charge in [0.15, 0.2) is 0 Å². The van der Waals surface area contributed by atoms with Crippen molar-refractivity contribution < 1.29 is 4.74 Å². The molecule has 3 aliphatic rings. The average molecular weight is 335 g/mol. The Morgan fingerprint density at radius 3 is 2.80 bits per heavy atom. The van der Waals surface area contributed by atoms with Crippen LogP contribution in [0.2, 0.25) is 0 Å². The van der Waals surface area contributed by atoms with Gasteiger partial charge in [-0.2, -0.15) is 5.26 Å². The Labute approximate surface area is 146 Å². The average Bonchev–Trinajstić information content (AvgIpc) is 2.92. The highest BCUT2D eigenvalue weighted by atomic mass is 16.5. The molecule has 0 amide bonds. The summed E-state index contributed by atoms with van der Waals surface area (Å²) in [7, 11) is 0. The van der Waals surface area contributed by atoms with E-state index in [1.165, 1.54) is 6.42 Å². The van der Waals surface area contributed by atoms with Crippen LogP contribution in [-0.2, 0) is 0 Å². The molecule has 0 radical (unpaired) electrons.